The molecule has 0 aromatic heterocycles. The van der Waals surface area contributed by atoms with Crippen LogP contribution in [-0.4, -0.2) is 39.6 Å². The topological polar surface area (TPSA) is 116 Å². The Morgan fingerprint density at radius 2 is 0.900 bits per heavy atom. The fourth-order valence-corrected chi connectivity index (χ4v) is 7.05. The van der Waals surface area contributed by atoms with E-state index in [1.54, 1.807) is 0 Å². The van der Waals surface area contributed by atoms with Crippen LogP contribution in [0.3, 0.4) is 0 Å². The van der Waals surface area contributed by atoms with Gasteiger partial charge >= 0.3 is 7.82 Å². The summed E-state index contributed by atoms with van der Waals surface area (Å²) in [5.41, 5.74) is 0. The molecule has 50 heavy (non-hydrogen) atoms. The number of hydrogen-bond donors (Lipinski definition) is 4. The van der Waals surface area contributed by atoms with Crippen molar-refractivity contribution in [3.05, 3.63) is 12.2 Å². The largest absolute Gasteiger partial charge is 0.469 e. The summed E-state index contributed by atoms with van der Waals surface area (Å²) in [7, 11) is -4.69. The predicted octanol–water partition coefficient (Wildman–Crippen LogP) is 12.8. The molecule has 298 valence electrons. The van der Waals surface area contributed by atoms with E-state index in [1.807, 2.05) is 0 Å². The summed E-state index contributed by atoms with van der Waals surface area (Å²) in [5.74, 6) is -0.193. The molecule has 0 fully saturated rings. The number of carbonyl (C=O) groups excluding carboxylic acids is 1. The third-order valence-corrected chi connectivity index (χ3v) is 10.5. The van der Waals surface area contributed by atoms with E-state index in [4.69, 9.17) is 9.79 Å². The quantitative estimate of drug-likeness (QED) is 0.0283. The van der Waals surface area contributed by atoms with Crippen LogP contribution >= 0.6 is 7.82 Å². The molecule has 0 bridgehead atoms. The Hall–Kier alpha value is -0.720. The van der Waals surface area contributed by atoms with Gasteiger partial charge in [-0.2, -0.15) is 0 Å². The van der Waals surface area contributed by atoms with Crippen molar-refractivity contribution in [2.24, 2.45) is 0 Å². The first-order valence-corrected chi connectivity index (χ1v) is 23.2. The molecule has 0 aromatic rings. The van der Waals surface area contributed by atoms with Crippen LogP contribution < -0.4 is 5.32 Å². The molecule has 1 amide bonds. The van der Waals surface area contributed by atoms with E-state index in [0.717, 1.165) is 38.5 Å². The Kier molecular flexibility index (Phi) is 37.5. The number of rotatable bonds is 40. The number of phosphoric acid groups is 1. The summed E-state index contributed by atoms with van der Waals surface area (Å²) >= 11 is 0. The molecule has 0 aromatic carbocycles. The third kappa shape index (κ3) is 38.5. The zero-order valence-electron chi connectivity index (χ0n) is 33.1. The average molecular weight is 730 g/mol. The van der Waals surface area contributed by atoms with Crippen LogP contribution in [0.15, 0.2) is 12.2 Å². The summed E-state index contributed by atoms with van der Waals surface area (Å²) in [4.78, 5) is 30.9. The predicted molar refractivity (Wildman–Crippen MR) is 213 cm³/mol. The lowest BCUT2D eigenvalue weighted by molar-refractivity contribution is -0.123. The van der Waals surface area contributed by atoms with Crippen LogP contribution in [0.25, 0.3) is 0 Å². The van der Waals surface area contributed by atoms with Crippen molar-refractivity contribution in [1.29, 1.82) is 0 Å². The van der Waals surface area contributed by atoms with Crippen LogP contribution in [0.4, 0.5) is 0 Å². The van der Waals surface area contributed by atoms with Gasteiger partial charge in [0.15, 0.2) is 0 Å². The molecular formula is C42H84NO6P. The molecule has 0 unspecified atom stereocenters. The van der Waals surface area contributed by atoms with Gasteiger partial charge < -0.3 is 20.2 Å². The SMILES string of the molecule is CCCCCCCC/C=C\CCCCCCCCCCCCCC(=O)N[C@@H](COP(=O)(O)O)[C@H](O)CCCCCCCCCCCCCCC. The average Bonchev–Trinajstić information content (AvgIpc) is 3.08. The molecule has 0 aliphatic heterocycles. The molecule has 2 atom stereocenters. The second-order valence-electron chi connectivity index (χ2n) is 15.0. The smallest absolute Gasteiger partial charge is 0.391 e. The van der Waals surface area contributed by atoms with E-state index in [-0.39, 0.29) is 5.91 Å². The van der Waals surface area contributed by atoms with E-state index in [2.05, 4.69) is 35.8 Å². The van der Waals surface area contributed by atoms with Crippen LogP contribution in [0.1, 0.15) is 232 Å². The van der Waals surface area contributed by atoms with Gasteiger partial charge in [0, 0.05) is 6.42 Å². The minimum Gasteiger partial charge on any atom is -0.391 e. The first kappa shape index (κ1) is 49.3. The monoisotopic (exact) mass is 730 g/mol. The van der Waals surface area contributed by atoms with Gasteiger partial charge in [0.05, 0.1) is 18.8 Å². The highest BCUT2D eigenvalue weighted by atomic mass is 31.2. The summed E-state index contributed by atoms with van der Waals surface area (Å²) in [6.45, 7) is 4.13. The molecule has 0 heterocycles. The number of phosphoric ester groups is 1. The number of nitrogens with one attached hydrogen (secondary N) is 1. The highest BCUT2D eigenvalue weighted by Gasteiger charge is 2.25. The Balaban J connectivity index is 3.84. The maximum atomic E-state index is 12.6. The van der Waals surface area contributed by atoms with Crippen molar-refractivity contribution in [1.82, 2.24) is 5.32 Å². The van der Waals surface area contributed by atoms with Crippen LogP contribution in [0.2, 0.25) is 0 Å². The maximum Gasteiger partial charge on any atom is 0.469 e. The molecule has 0 saturated carbocycles. The lowest BCUT2D eigenvalue weighted by atomic mass is 10.0. The highest BCUT2D eigenvalue weighted by Crippen LogP contribution is 2.36. The van der Waals surface area contributed by atoms with Crippen molar-refractivity contribution in [2.75, 3.05) is 6.61 Å². The van der Waals surface area contributed by atoms with E-state index < -0.39 is 26.6 Å². The molecular weight excluding hydrogens is 645 g/mol. The van der Waals surface area contributed by atoms with Gasteiger partial charge in [-0.05, 0) is 38.5 Å². The fraction of sp³-hybridized carbons (Fsp3) is 0.929. The zero-order chi connectivity index (χ0) is 36.8. The van der Waals surface area contributed by atoms with E-state index in [1.165, 1.54) is 167 Å². The van der Waals surface area contributed by atoms with Gasteiger partial charge in [0.25, 0.3) is 0 Å². The van der Waals surface area contributed by atoms with E-state index in [9.17, 15) is 14.5 Å². The van der Waals surface area contributed by atoms with Crippen molar-refractivity contribution in [3.63, 3.8) is 0 Å². The molecule has 0 aliphatic rings. The zero-order valence-corrected chi connectivity index (χ0v) is 34.0. The van der Waals surface area contributed by atoms with Crippen LogP contribution in [-0.2, 0) is 13.9 Å². The number of hydrogen-bond acceptors (Lipinski definition) is 4. The molecule has 0 aliphatic carbocycles. The molecule has 8 heteroatoms. The molecule has 0 spiro atoms. The van der Waals surface area contributed by atoms with Gasteiger partial charge in [-0.3, -0.25) is 9.32 Å². The standard InChI is InChI=1S/C42H84NO6P/c1-3-5-7-9-11-13-15-17-18-19-20-21-22-23-24-26-28-30-32-34-36-38-42(45)43-40(39-49-50(46,47)48)41(44)37-35-33-31-29-27-25-16-14-12-10-8-6-4-2/h17-18,40-41,44H,3-16,19-39H2,1-2H3,(H,43,45)(H2,46,47,48)/b18-17-/t40-,41+/m0/s1. The normalized spacial score (nSPS) is 13.3. The van der Waals surface area contributed by atoms with Crippen molar-refractivity contribution < 1.29 is 28.8 Å². The Morgan fingerprint density at radius 1 is 0.560 bits per heavy atom. The van der Waals surface area contributed by atoms with Crippen molar-refractivity contribution in [3.8, 4) is 0 Å². The Morgan fingerprint density at radius 3 is 1.28 bits per heavy atom. The van der Waals surface area contributed by atoms with Crippen molar-refractivity contribution >= 4 is 13.7 Å². The number of carbonyl (C=O) groups is 1. The number of aliphatic hydroxyl groups excluding tert-OH is 1. The first-order chi connectivity index (χ1) is 24.3. The summed E-state index contributed by atoms with van der Waals surface area (Å²) in [5, 5.41) is 13.5. The lowest BCUT2D eigenvalue weighted by Crippen LogP contribution is -2.46. The van der Waals surface area contributed by atoms with E-state index >= 15 is 0 Å². The van der Waals surface area contributed by atoms with Crippen molar-refractivity contribution in [2.45, 2.75) is 244 Å². The molecule has 0 rings (SSSR count). The minimum atomic E-state index is -4.69. The number of allylic oxidation sites excluding steroid dienone is 2. The van der Waals surface area contributed by atoms with Gasteiger partial charge in [0.1, 0.15) is 0 Å². The summed E-state index contributed by atoms with van der Waals surface area (Å²) < 4.78 is 16.0. The lowest BCUT2D eigenvalue weighted by Gasteiger charge is -2.24. The third-order valence-electron chi connectivity index (χ3n) is 10.0. The van der Waals surface area contributed by atoms with Gasteiger partial charge in [0.2, 0.25) is 5.91 Å². The summed E-state index contributed by atoms with van der Waals surface area (Å²) in [6, 6.07) is -0.821. The fourth-order valence-electron chi connectivity index (χ4n) is 6.69. The van der Waals surface area contributed by atoms with E-state index in [0.29, 0.717) is 12.8 Å². The molecule has 0 saturated heterocycles. The Labute approximate surface area is 310 Å². The molecule has 4 N–H and O–H groups in total. The minimum absolute atomic E-state index is 0.193. The Bertz CT molecular complexity index is 788. The van der Waals surface area contributed by atoms with Crippen LogP contribution in [0, 0.1) is 0 Å². The summed E-state index contributed by atoms with van der Waals surface area (Å²) in [6.07, 6.45) is 44.8. The number of amides is 1. The second kappa shape index (κ2) is 38.0. The molecule has 0 radical (unpaired) electrons. The molecule has 7 nitrogen and oxygen atoms in total. The first-order valence-electron chi connectivity index (χ1n) is 21.6. The van der Waals surface area contributed by atoms with Crippen LogP contribution in [0.5, 0.6) is 0 Å². The maximum absolute atomic E-state index is 12.6. The number of unbranched alkanes of at least 4 members (excludes halogenated alkanes) is 29. The van der Waals surface area contributed by atoms with Gasteiger partial charge in [-0.15, -0.1) is 0 Å². The highest BCUT2D eigenvalue weighted by molar-refractivity contribution is 7.46. The van der Waals surface area contributed by atoms with Gasteiger partial charge in [-0.25, -0.2) is 4.57 Å². The second-order valence-corrected chi connectivity index (χ2v) is 16.3. The number of aliphatic hydroxyl groups is 1. The van der Waals surface area contributed by atoms with Gasteiger partial charge in [-0.1, -0.05) is 199 Å².